The lowest BCUT2D eigenvalue weighted by atomic mass is 9.84. The fourth-order valence-electron chi connectivity index (χ4n) is 2.47. The van der Waals surface area contributed by atoms with E-state index < -0.39 is 10.0 Å². The number of benzene rings is 1. The van der Waals surface area contributed by atoms with Crippen molar-refractivity contribution in [2.24, 2.45) is 11.1 Å². The summed E-state index contributed by atoms with van der Waals surface area (Å²) in [6.45, 7) is 5.71. The maximum absolute atomic E-state index is 12.1. The third kappa shape index (κ3) is 3.44. The molecule has 3 N–H and O–H groups in total. The monoisotopic (exact) mass is 310 g/mol. The van der Waals surface area contributed by atoms with E-state index in [9.17, 15) is 13.2 Å². The van der Waals surface area contributed by atoms with Crippen LogP contribution in [-0.2, 0) is 14.8 Å². The van der Waals surface area contributed by atoms with E-state index in [1.165, 1.54) is 6.07 Å². The van der Waals surface area contributed by atoms with E-state index in [0.717, 1.165) is 30.4 Å². The highest BCUT2D eigenvalue weighted by Crippen LogP contribution is 2.33. The fourth-order valence-corrected chi connectivity index (χ4v) is 3.10. The minimum atomic E-state index is -3.75. The molecule has 1 aromatic carbocycles. The van der Waals surface area contributed by atoms with Gasteiger partial charge in [-0.15, -0.1) is 0 Å². The highest BCUT2D eigenvalue weighted by atomic mass is 32.2. The standard InChI is InChI=1S/C15H22N2O3S/c1-9(2)13-8-12(21(16,19)20)7-10(3)14(13)17-15(18)11-5-4-6-11/h7-9,11H,4-6H2,1-3H3,(H,17,18)(H2,16,19,20). The summed E-state index contributed by atoms with van der Waals surface area (Å²) in [5.74, 6) is 0.194. The van der Waals surface area contributed by atoms with Crippen LogP contribution < -0.4 is 10.5 Å². The molecule has 21 heavy (non-hydrogen) atoms. The van der Waals surface area contributed by atoms with E-state index in [2.05, 4.69) is 5.32 Å². The van der Waals surface area contributed by atoms with Gasteiger partial charge in [0.15, 0.2) is 0 Å². The average Bonchev–Trinajstić information content (AvgIpc) is 2.27. The SMILES string of the molecule is Cc1cc(S(N)(=O)=O)cc(C(C)C)c1NC(=O)C1CCC1. The number of amides is 1. The van der Waals surface area contributed by atoms with Crippen molar-refractivity contribution in [3.05, 3.63) is 23.3 Å². The summed E-state index contributed by atoms with van der Waals surface area (Å²) >= 11 is 0. The van der Waals surface area contributed by atoms with Crippen molar-refractivity contribution in [3.8, 4) is 0 Å². The summed E-state index contributed by atoms with van der Waals surface area (Å²) in [6.07, 6.45) is 2.95. The van der Waals surface area contributed by atoms with Gasteiger partial charge in [0.05, 0.1) is 4.90 Å². The second kappa shape index (κ2) is 5.77. The zero-order valence-electron chi connectivity index (χ0n) is 12.6. The smallest absolute Gasteiger partial charge is 0.238 e. The van der Waals surface area contributed by atoms with Crippen molar-refractivity contribution in [2.45, 2.75) is 50.8 Å². The number of carbonyl (C=O) groups excluding carboxylic acids is 1. The summed E-state index contributed by atoms with van der Waals surface area (Å²) in [5, 5.41) is 8.18. The first-order valence-electron chi connectivity index (χ1n) is 7.18. The molecule has 0 bridgehead atoms. The van der Waals surface area contributed by atoms with Crippen LogP contribution in [0.1, 0.15) is 50.2 Å². The minimum Gasteiger partial charge on any atom is -0.325 e. The van der Waals surface area contributed by atoms with Gasteiger partial charge in [0.1, 0.15) is 0 Å². The quantitative estimate of drug-likeness (QED) is 0.895. The average molecular weight is 310 g/mol. The van der Waals surface area contributed by atoms with Crippen molar-refractivity contribution in [1.82, 2.24) is 0 Å². The Labute approximate surface area is 126 Å². The van der Waals surface area contributed by atoms with Gasteiger partial charge in [-0.3, -0.25) is 4.79 Å². The highest BCUT2D eigenvalue weighted by Gasteiger charge is 2.26. The molecule has 1 saturated carbocycles. The van der Waals surface area contributed by atoms with Gasteiger partial charge in [-0.1, -0.05) is 20.3 Å². The molecule has 1 amide bonds. The Morgan fingerprint density at radius 1 is 1.33 bits per heavy atom. The van der Waals surface area contributed by atoms with Crippen molar-refractivity contribution in [3.63, 3.8) is 0 Å². The number of hydrogen-bond acceptors (Lipinski definition) is 3. The van der Waals surface area contributed by atoms with E-state index >= 15 is 0 Å². The molecule has 0 aromatic heterocycles. The van der Waals surface area contributed by atoms with Gasteiger partial charge < -0.3 is 5.32 Å². The highest BCUT2D eigenvalue weighted by molar-refractivity contribution is 7.89. The third-order valence-electron chi connectivity index (χ3n) is 4.01. The second-order valence-corrected chi connectivity index (χ2v) is 7.58. The van der Waals surface area contributed by atoms with Crippen LogP contribution in [0, 0.1) is 12.8 Å². The minimum absolute atomic E-state index is 0.0228. The van der Waals surface area contributed by atoms with Gasteiger partial charge in [-0.05, 0) is 48.9 Å². The molecular formula is C15H22N2O3S. The Hall–Kier alpha value is -1.40. The number of anilines is 1. The number of carbonyl (C=O) groups is 1. The van der Waals surface area contributed by atoms with Crippen molar-refractivity contribution >= 4 is 21.6 Å². The van der Waals surface area contributed by atoms with Crippen LogP contribution in [0.5, 0.6) is 0 Å². The maximum Gasteiger partial charge on any atom is 0.238 e. The molecule has 6 heteroatoms. The van der Waals surface area contributed by atoms with Crippen LogP contribution >= 0.6 is 0 Å². The summed E-state index contributed by atoms with van der Waals surface area (Å²) < 4.78 is 23.1. The Bertz CT molecular complexity index is 662. The molecule has 2 rings (SSSR count). The zero-order valence-corrected chi connectivity index (χ0v) is 13.5. The molecule has 0 spiro atoms. The van der Waals surface area contributed by atoms with E-state index in [1.54, 1.807) is 13.0 Å². The molecule has 5 nitrogen and oxygen atoms in total. The lowest BCUT2D eigenvalue weighted by Gasteiger charge is -2.26. The number of aryl methyl sites for hydroxylation is 1. The number of rotatable bonds is 4. The van der Waals surface area contributed by atoms with Gasteiger partial charge in [-0.25, -0.2) is 13.6 Å². The predicted molar refractivity (Wildman–Crippen MR) is 82.6 cm³/mol. The summed E-state index contributed by atoms with van der Waals surface area (Å²) in [6, 6.07) is 3.07. The topological polar surface area (TPSA) is 89.3 Å². The number of nitrogens with one attached hydrogen (secondary N) is 1. The van der Waals surface area contributed by atoms with Crippen molar-refractivity contribution in [1.29, 1.82) is 0 Å². The Morgan fingerprint density at radius 3 is 2.38 bits per heavy atom. The molecule has 1 aliphatic carbocycles. The van der Waals surface area contributed by atoms with Crippen LogP contribution in [0.25, 0.3) is 0 Å². The molecule has 1 fully saturated rings. The molecule has 1 aromatic rings. The van der Waals surface area contributed by atoms with E-state index in [1.807, 2.05) is 13.8 Å². The molecule has 0 radical (unpaired) electrons. The van der Waals surface area contributed by atoms with Crippen LogP contribution in [-0.4, -0.2) is 14.3 Å². The van der Waals surface area contributed by atoms with Crippen molar-refractivity contribution < 1.29 is 13.2 Å². The van der Waals surface area contributed by atoms with Crippen LogP contribution in [0.3, 0.4) is 0 Å². The first-order chi connectivity index (χ1) is 9.70. The van der Waals surface area contributed by atoms with Crippen LogP contribution in [0.4, 0.5) is 5.69 Å². The Morgan fingerprint density at radius 2 is 1.95 bits per heavy atom. The number of hydrogen-bond donors (Lipinski definition) is 2. The van der Waals surface area contributed by atoms with E-state index in [-0.39, 0.29) is 22.6 Å². The number of primary sulfonamides is 1. The first-order valence-corrected chi connectivity index (χ1v) is 8.73. The van der Waals surface area contributed by atoms with Crippen LogP contribution in [0.15, 0.2) is 17.0 Å². The number of sulfonamides is 1. The van der Waals surface area contributed by atoms with Crippen LogP contribution in [0.2, 0.25) is 0 Å². The molecule has 116 valence electrons. The van der Waals surface area contributed by atoms with Gasteiger partial charge >= 0.3 is 0 Å². The zero-order chi connectivity index (χ0) is 15.8. The number of nitrogens with two attached hydrogens (primary N) is 1. The normalized spacial score (nSPS) is 15.9. The molecule has 0 saturated heterocycles. The van der Waals surface area contributed by atoms with Gasteiger partial charge in [-0.2, -0.15) is 0 Å². The summed E-state index contributed by atoms with van der Waals surface area (Å²) in [4.78, 5) is 12.2. The third-order valence-corrected chi connectivity index (χ3v) is 4.91. The van der Waals surface area contributed by atoms with Gasteiger partial charge in [0.2, 0.25) is 15.9 Å². The lowest BCUT2D eigenvalue weighted by Crippen LogP contribution is -2.29. The van der Waals surface area contributed by atoms with E-state index in [4.69, 9.17) is 5.14 Å². The van der Waals surface area contributed by atoms with Crippen molar-refractivity contribution in [2.75, 3.05) is 5.32 Å². The summed E-state index contributed by atoms with van der Waals surface area (Å²) in [5.41, 5.74) is 2.24. The molecule has 0 heterocycles. The maximum atomic E-state index is 12.1. The Balaban J connectivity index is 2.42. The van der Waals surface area contributed by atoms with E-state index in [0.29, 0.717) is 5.69 Å². The first kappa shape index (κ1) is 16.0. The summed E-state index contributed by atoms with van der Waals surface area (Å²) in [7, 11) is -3.75. The Kier molecular flexibility index (Phi) is 4.39. The molecule has 0 unspecified atom stereocenters. The molecule has 1 aliphatic rings. The molecule has 0 atom stereocenters. The molecular weight excluding hydrogens is 288 g/mol. The predicted octanol–water partition coefficient (Wildman–Crippen LogP) is 2.50. The molecule has 0 aliphatic heterocycles. The van der Waals surface area contributed by atoms with Gasteiger partial charge in [0.25, 0.3) is 0 Å². The van der Waals surface area contributed by atoms with Gasteiger partial charge in [0, 0.05) is 11.6 Å². The second-order valence-electron chi connectivity index (χ2n) is 6.02. The fraction of sp³-hybridized carbons (Fsp3) is 0.533. The lowest BCUT2D eigenvalue weighted by molar-refractivity contribution is -0.122. The largest absolute Gasteiger partial charge is 0.325 e.